The number of methoxy groups -OCH3 is 2. The number of nitriles is 1. The van der Waals surface area contributed by atoms with E-state index in [0.717, 1.165) is 69.5 Å². The highest BCUT2D eigenvalue weighted by molar-refractivity contribution is 7.19. The van der Waals surface area contributed by atoms with Crippen LogP contribution < -0.4 is 14.4 Å². The summed E-state index contributed by atoms with van der Waals surface area (Å²) in [7, 11) is 3.16. The van der Waals surface area contributed by atoms with E-state index < -0.39 is 5.97 Å². The van der Waals surface area contributed by atoms with Gasteiger partial charge in [0.2, 0.25) is 5.13 Å². The first-order valence-corrected chi connectivity index (χ1v) is 18.5. The molecule has 3 aromatic rings. The number of benzene rings is 1. The van der Waals surface area contributed by atoms with Crippen molar-refractivity contribution >= 4 is 38.8 Å². The van der Waals surface area contributed by atoms with E-state index in [-0.39, 0.29) is 40.7 Å². The molecule has 2 unspecified atom stereocenters. The van der Waals surface area contributed by atoms with Gasteiger partial charge in [-0.15, -0.1) is 5.10 Å². The van der Waals surface area contributed by atoms with E-state index in [0.29, 0.717) is 33.9 Å². The second-order valence-electron chi connectivity index (χ2n) is 12.9. The molecule has 2 aliphatic rings. The Labute approximate surface area is 294 Å². The van der Waals surface area contributed by atoms with Gasteiger partial charge in [-0.05, 0) is 75.5 Å². The molecule has 262 valence electrons. The maximum atomic E-state index is 14.5. The highest BCUT2D eigenvalue weighted by Gasteiger charge is 2.42. The number of rotatable bonds is 15. The number of aliphatic imine (C=N–C) groups is 1. The van der Waals surface area contributed by atoms with E-state index in [4.69, 9.17) is 29.3 Å². The smallest absolute Gasteiger partial charge is 0.343 e. The van der Waals surface area contributed by atoms with Crippen molar-refractivity contribution in [1.29, 1.82) is 5.26 Å². The van der Waals surface area contributed by atoms with E-state index in [1.807, 2.05) is 0 Å². The van der Waals surface area contributed by atoms with Crippen molar-refractivity contribution in [3.8, 4) is 29.0 Å². The quantitative estimate of drug-likeness (QED) is 0.146. The SMILES string of the molecule is CCCCC1CC(C)CC(CCCC)C1OC(=O)C1=C(C#N)C(=Nc2ncc(N(CC)CC)s2)n2nc(-c3cc(OC)ccc3OC)nc21. The number of nitrogens with zero attached hydrogens (tertiary/aromatic N) is 7. The average molecular weight is 688 g/mol. The number of allylic oxidation sites excluding steroid dienone is 1. The molecule has 11 nitrogen and oxygen atoms in total. The summed E-state index contributed by atoms with van der Waals surface area (Å²) in [5, 5.41) is 16.8. The molecule has 5 rings (SSSR count). The summed E-state index contributed by atoms with van der Waals surface area (Å²) in [5.74, 6) is 2.37. The Morgan fingerprint density at radius 2 is 1.78 bits per heavy atom. The number of anilines is 1. The predicted molar refractivity (Wildman–Crippen MR) is 194 cm³/mol. The van der Waals surface area contributed by atoms with E-state index in [2.05, 4.69) is 50.6 Å². The highest BCUT2D eigenvalue weighted by Crippen LogP contribution is 2.42. The van der Waals surface area contributed by atoms with Gasteiger partial charge in [0.05, 0.1) is 26.0 Å². The Morgan fingerprint density at radius 3 is 2.37 bits per heavy atom. The lowest BCUT2D eigenvalue weighted by molar-refractivity contribution is -0.152. The second-order valence-corrected chi connectivity index (χ2v) is 13.9. The van der Waals surface area contributed by atoms with Gasteiger partial charge in [-0.2, -0.15) is 14.9 Å². The third kappa shape index (κ3) is 7.67. The minimum atomic E-state index is -0.565. The van der Waals surface area contributed by atoms with Crippen LogP contribution in [-0.2, 0) is 9.53 Å². The molecule has 1 aliphatic carbocycles. The number of aromatic nitrogens is 4. The standard InChI is InChI=1S/C37H49N7O4S/c1-8-12-14-24-18-23(5)19-25(15-13-9-2)32(24)48-36(45)31-28(21-38)34(41-37-39-22-30(49-37)43(10-3)11-4)44-35(31)40-33(42-44)27-20-26(46-6)16-17-29(27)47-7/h16-17,20,22-25,32H,8-15,18-19H2,1-7H3. The molecular formula is C37H49N7O4S. The number of carbonyl (C=O) groups is 1. The van der Waals surface area contributed by atoms with E-state index in [1.165, 1.54) is 16.0 Å². The molecule has 49 heavy (non-hydrogen) atoms. The van der Waals surface area contributed by atoms with Crippen molar-refractivity contribution in [1.82, 2.24) is 19.7 Å². The number of ether oxygens (including phenoxy) is 3. The number of esters is 1. The largest absolute Gasteiger partial charge is 0.497 e. The number of fused-ring (bicyclic) bond motifs is 1. The summed E-state index contributed by atoms with van der Waals surface area (Å²) in [5.41, 5.74) is 0.723. The van der Waals surface area contributed by atoms with Crippen LogP contribution >= 0.6 is 11.3 Å². The summed E-state index contributed by atoms with van der Waals surface area (Å²) >= 11 is 1.41. The van der Waals surface area contributed by atoms with Crippen LogP contribution in [0.3, 0.4) is 0 Å². The summed E-state index contributed by atoms with van der Waals surface area (Å²) in [4.78, 5) is 30.9. The van der Waals surface area contributed by atoms with Crippen LogP contribution in [0.4, 0.5) is 10.1 Å². The molecule has 2 atom stereocenters. The van der Waals surface area contributed by atoms with Gasteiger partial charge in [0.15, 0.2) is 17.5 Å². The maximum Gasteiger partial charge on any atom is 0.343 e. The van der Waals surface area contributed by atoms with Crippen molar-refractivity contribution in [2.24, 2.45) is 22.7 Å². The minimum Gasteiger partial charge on any atom is -0.497 e. The normalized spacial score (nSPS) is 21.1. The average Bonchev–Trinajstić information content (AvgIpc) is 3.82. The highest BCUT2D eigenvalue weighted by atomic mass is 32.1. The van der Waals surface area contributed by atoms with Crippen molar-refractivity contribution < 1.29 is 19.0 Å². The maximum absolute atomic E-state index is 14.5. The summed E-state index contributed by atoms with van der Waals surface area (Å²) in [6.07, 6.45) is 9.93. The zero-order valence-electron chi connectivity index (χ0n) is 29.9. The first kappa shape index (κ1) is 36.1. The van der Waals surface area contributed by atoms with Crippen molar-refractivity contribution in [2.45, 2.75) is 92.1 Å². The Balaban J connectivity index is 1.62. The Morgan fingerprint density at radius 1 is 1.08 bits per heavy atom. The van der Waals surface area contributed by atoms with Gasteiger partial charge in [0.1, 0.15) is 39.8 Å². The van der Waals surface area contributed by atoms with Crippen molar-refractivity contribution in [3.63, 3.8) is 0 Å². The molecule has 2 aromatic heterocycles. The Bertz CT molecular complexity index is 1700. The van der Waals surface area contributed by atoms with Crippen LogP contribution in [0.5, 0.6) is 11.5 Å². The fourth-order valence-electron chi connectivity index (χ4n) is 7.19. The lowest BCUT2D eigenvalue weighted by atomic mass is 9.70. The third-order valence-electron chi connectivity index (χ3n) is 9.67. The third-order valence-corrected chi connectivity index (χ3v) is 10.6. The number of carbonyl (C=O) groups excluding carboxylic acids is 1. The van der Waals surface area contributed by atoms with E-state index in [9.17, 15) is 10.1 Å². The van der Waals surface area contributed by atoms with Crippen LogP contribution in [0, 0.1) is 29.1 Å². The summed E-state index contributed by atoms with van der Waals surface area (Å²) in [6.45, 7) is 12.5. The lowest BCUT2D eigenvalue weighted by Gasteiger charge is -2.41. The van der Waals surface area contributed by atoms with Crippen LogP contribution in [0.1, 0.15) is 91.8 Å². The van der Waals surface area contributed by atoms with Gasteiger partial charge in [0.25, 0.3) is 0 Å². The van der Waals surface area contributed by atoms with Crippen molar-refractivity contribution in [2.75, 3.05) is 32.2 Å². The topological polar surface area (TPSA) is 128 Å². The van der Waals surface area contributed by atoms with Gasteiger partial charge in [-0.25, -0.2) is 14.8 Å². The molecular weight excluding hydrogens is 639 g/mol. The fourth-order valence-corrected chi connectivity index (χ4v) is 8.11. The molecule has 1 aromatic carbocycles. The fraction of sp³-hybridized carbons (Fsp3) is 0.568. The van der Waals surface area contributed by atoms with Crippen LogP contribution in [0.2, 0.25) is 0 Å². The molecule has 0 radical (unpaired) electrons. The van der Waals surface area contributed by atoms with Crippen molar-refractivity contribution in [3.05, 3.63) is 35.8 Å². The summed E-state index contributed by atoms with van der Waals surface area (Å²) in [6, 6.07) is 7.61. The Kier molecular flexibility index (Phi) is 12.1. The van der Waals surface area contributed by atoms with Gasteiger partial charge >= 0.3 is 5.97 Å². The molecule has 12 heteroatoms. The number of thiazole rings is 1. The van der Waals surface area contributed by atoms with Crippen LogP contribution in [-0.4, -0.2) is 65.0 Å². The first-order valence-electron chi connectivity index (χ1n) is 17.7. The van der Waals surface area contributed by atoms with Gasteiger partial charge in [-0.1, -0.05) is 57.8 Å². The number of unbranched alkanes of at least 4 members (excludes halogenated alkanes) is 2. The molecule has 1 saturated carbocycles. The van der Waals surface area contributed by atoms with Gasteiger partial charge in [0, 0.05) is 13.1 Å². The van der Waals surface area contributed by atoms with Crippen LogP contribution in [0.15, 0.2) is 35.0 Å². The predicted octanol–water partition coefficient (Wildman–Crippen LogP) is 8.09. The van der Waals surface area contributed by atoms with Gasteiger partial charge < -0.3 is 19.1 Å². The molecule has 0 bridgehead atoms. The second kappa shape index (κ2) is 16.4. The zero-order chi connectivity index (χ0) is 35.1. The lowest BCUT2D eigenvalue weighted by Crippen LogP contribution is -2.40. The molecule has 1 aliphatic heterocycles. The molecule has 0 N–H and O–H groups in total. The number of hydrogen-bond acceptors (Lipinski definition) is 11. The van der Waals surface area contributed by atoms with E-state index >= 15 is 0 Å². The number of hydrogen-bond donors (Lipinski definition) is 0. The molecule has 1 fully saturated rings. The molecule has 3 heterocycles. The molecule has 0 saturated heterocycles. The van der Waals surface area contributed by atoms with E-state index in [1.54, 1.807) is 38.6 Å². The van der Waals surface area contributed by atoms with Gasteiger partial charge in [-0.3, -0.25) is 0 Å². The first-order chi connectivity index (χ1) is 23.8. The zero-order valence-corrected chi connectivity index (χ0v) is 30.7. The molecule has 0 amide bonds. The molecule has 0 spiro atoms. The minimum absolute atomic E-state index is 0.0724. The van der Waals surface area contributed by atoms with Crippen LogP contribution in [0.25, 0.3) is 17.0 Å². The summed E-state index contributed by atoms with van der Waals surface area (Å²) < 4.78 is 19.1. The monoisotopic (exact) mass is 687 g/mol. The Hall–Kier alpha value is -4.24.